The van der Waals surface area contributed by atoms with Crippen LogP contribution in [0.15, 0.2) is 36.0 Å². The fourth-order valence-electron chi connectivity index (χ4n) is 2.79. The van der Waals surface area contributed by atoms with E-state index < -0.39 is 0 Å². The second-order valence-electron chi connectivity index (χ2n) is 7.25. The van der Waals surface area contributed by atoms with Crippen LogP contribution in [0.2, 0.25) is 0 Å². The molecular weight excluding hydrogens is 352 g/mol. The first kappa shape index (κ1) is 26.6. The molecule has 4 heteroatoms. The molecule has 0 aromatic rings. The summed E-state index contributed by atoms with van der Waals surface area (Å²) in [6.45, 7) is 8.82. The molecule has 0 N–H and O–H groups in total. The standard InChI is InChI=1S/C24H42O4/c1-6-8-9-10-15-21(3)16-11-13-18-23(28-20-26-5)19-14-12-17-22(4)24(25)27-7-2/h11,13,16-18,21,23H,6-10,12,14-15,19-20H2,1-5H3/b16-11+,18-13+,22-17+/t21-,23?/m1/s1. The highest BCUT2D eigenvalue weighted by molar-refractivity contribution is 5.87. The third-order valence-electron chi connectivity index (χ3n) is 4.53. The monoisotopic (exact) mass is 394 g/mol. The van der Waals surface area contributed by atoms with Gasteiger partial charge in [0.15, 0.2) is 0 Å². The van der Waals surface area contributed by atoms with Gasteiger partial charge < -0.3 is 14.2 Å². The van der Waals surface area contributed by atoms with E-state index >= 15 is 0 Å². The molecule has 28 heavy (non-hydrogen) atoms. The zero-order valence-electron chi connectivity index (χ0n) is 18.7. The van der Waals surface area contributed by atoms with Gasteiger partial charge in [0, 0.05) is 12.7 Å². The van der Waals surface area contributed by atoms with Crippen molar-refractivity contribution in [3.8, 4) is 0 Å². The zero-order valence-corrected chi connectivity index (χ0v) is 18.7. The molecule has 0 rings (SSSR count). The Bertz CT molecular complexity index is 465. The molecular formula is C24H42O4. The molecule has 0 aromatic heterocycles. The highest BCUT2D eigenvalue weighted by Crippen LogP contribution is 2.13. The second kappa shape index (κ2) is 18.9. The molecule has 0 aliphatic heterocycles. The van der Waals surface area contributed by atoms with Gasteiger partial charge in [-0.25, -0.2) is 4.79 Å². The molecule has 0 aliphatic rings. The summed E-state index contributed by atoms with van der Waals surface area (Å²) in [5, 5.41) is 0. The minimum atomic E-state index is -0.233. The summed E-state index contributed by atoms with van der Waals surface area (Å²) in [5.41, 5.74) is 0.669. The second-order valence-corrected chi connectivity index (χ2v) is 7.25. The van der Waals surface area contributed by atoms with Crippen LogP contribution >= 0.6 is 0 Å². The molecule has 4 nitrogen and oxygen atoms in total. The molecule has 0 fully saturated rings. The minimum absolute atomic E-state index is 0.0146. The van der Waals surface area contributed by atoms with Crippen LogP contribution in [0.4, 0.5) is 0 Å². The van der Waals surface area contributed by atoms with Gasteiger partial charge in [0.1, 0.15) is 6.79 Å². The molecule has 162 valence electrons. The summed E-state index contributed by atoms with van der Waals surface area (Å²) in [7, 11) is 1.63. The number of carbonyl (C=O) groups is 1. The molecule has 2 atom stereocenters. The van der Waals surface area contributed by atoms with Crippen LogP contribution in [-0.4, -0.2) is 32.6 Å². The van der Waals surface area contributed by atoms with Crippen LogP contribution in [0.5, 0.6) is 0 Å². The quantitative estimate of drug-likeness (QED) is 0.0944. The molecule has 1 unspecified atom stereocenters. The predicted molar refractivity (Wildman–Crippen MR) is 117 cm³/mol. The molecule has 0 aliphatic carbocycles. The molecule has 0 bridgehead atoms. The van der Waals surface area contributed by atoms with Crippen molar-refractivity contribution in [2.24, 2.45) is 5.92 Å². The summed E-state index contributed by atoms with van der Waals surface area (Å²) in [6, 6.07) is 0. The first-order valence-corrected chi connectivity index (χ1v) is 10.8. The lowest BCUT2D eigenvalue weighted by Gasteiger charge is -2.13. The normalized spacial score (nSPS) is 14.7. The lowest BCUT2D eigenvalue weighted by Crippen LogP contribution is -2.11. The fraction of sp³-hybridized carbons (Fsp3) is 0.708. The summed E-state index contributed by atoms with van der Waals surface area (Å²) >= 11 is 0. The van der Waals surface area contributed by atoms with E-state index in [4.69, 9.17) is 14.2 Å². The Labute approximate surface area is 173 Å². The Morgan fingerprint density at radius 3 is 2.43 bits per heavy atom. The molecule has 0 saturated carbocycles. The van der Waals surface area contributed by atoms with Crippen LogP contribution in [0, 0.1) is 5.92 Å². The minimum Gasteiger partial charge on any atom is -0.463 e. The van der Waals surface area contributed by atoms with Crippen LogP contribution < -0.4 is 0 Å². The van der Waals surface area contributed by atoms with Crippen molar-refractivity contribution < 1.29 is 19.0 Å². The van der Waals surface area contributed by atoms with E-state index in [9.17, 15) is 4.79 Å². The zero-order chi connectivity index (χ0) is 21.0. The van der Waals surface area contributed by atoms with Gasteiger partial charge in [0.2, 0.25) is 0 Å². The van der Waals surface area contributed by atoms with Crippen LogP contribution in [-0.2, 0) is 19.0 Å². The van der Waals surface area contributed by atoms with Gasteiger partial charge >= 0.3 is 5.97 Å². The largest absolute Gasteiger partial charge is 0.463 e. The van der Waals surface area contributed by atoms with Gasteiger partial charge in [0.25, 0.3) is 0 Å². The van der Waals surface area contributed by atoms with E-state index in [0.717, 1.165) is 19.3 Å². The summed E-state index contributed by atoms with van der Waals surface area (Å²) in [5.74, 6) is 0.374. The molecule has 0 spiro atoms. The van der Waals surface area contributed by atoms with Crippen molar-refractivity contribution in [3.63, 3.8) is 0 Å². The first-order valence-electron chi connectivity index (χ1n) is 10.8. The van der Waals surface area contributed by atoms with Gasteiger partial charge in [-0.1, -0.05) is 69.9 Å². The third-order valence-corrected chi connectivity index (χ3v) is 4.53. The maximum atomic E-state index is 11.6. The smallest absolute Gasteiger partial charge is 0.333 e. The lowest BCUT2D eigenvalue weighted by molar-refractivity contribution is -0.138. The Morgan fingerprint density at radius 2 is 1.75 bits per heavy atom. The summed E-state index contributed by atoms with van der Waals surface area (Å²) in [6.07, 6.45) is 19.7. The van der Waals surface area contributed by atoms with Crippen LogP contribution in [0.1, 0.15) is 79.1 Å². The highest BCUT2D eigenvalue weighted by atomic mass is 16.7. The number of hydrogen-bond acceptors (Lipinski definition) is 4. The maximum Gasteiger partial charge on any atom is 0.333 e. The van der Waals surface area contributed by atoms with Crippen molar-refractivity contribution in [1.82, 2.24) is 0 Å². The van der Waals surface area contributed by atoms with Crippen molar-refractivity contribution in [3.05, 3.63) is 36.0 Å². The SMILES string of the molecule is CCCCCC[C@@H](C)/C=C/C=C/C(CCC/C=C(\C)C(=O)OCC)OCOC. The third kappa shape index (κ3) is 15.6. The number of unbranched alkanes of at least 4 members (excludes halogenated alkanes) is 4. The van der Waals surface area contributed by atoms with Crippen LogP contribution in [0.25, 0.3) is 0 Å². The molecule has 0 saturated heterocycles. The number of methoxy groups -OCH3 is 1. The van der Waals surface area contributed by atoms with Crippen molar-refractivity contribution in [1.29, 1.82) is 0 Å². The van der Waals surface area contributed by atoms with E-state index in [0.29, 0.717) is 18.1 Å². The summed E-state index contributed by atoms with van der Waals surface area (Å²) in [4.78, 5) is 11.6. The van der Waals surface area contributed by atoms with Crippen molar-refractivity contribution in [2.45, 2.75) is 85.2 Å². The van der Waals surface area contributed by atoms with E-state index in [-0.39, 0.29) is 18.9 Å². The Kier molecular flexibility index (Phi) is 18.0. The first-order chi connectivity index (χ1) is 13.5. The average Bonchev–Trinajstić information content (AvgIpc) is 2.69. The van der Waals surface area contributed by atoms with Gasteiger partial charge in [-0.15, -0.1) is 0 Å². The number of esters is 1. The Morgan fingerprint density at radius 1 is 1.00 bits per heavy atom. The number of ether oxygens (including phenoxy) is 3. The summed E-state index contributed by atoms with van der Waals surface area (Å²) < 4.78 is 15.8. The molecule has 0 amide bonds. The number of allylic oxidation sites excluding steroid dienone is 4. The van der Waals surface area contributed by atoms with E-state index in [1.807, 2.05) is 13.0 Å². The number of hydrogen-bond donors (Lipinski definition) is 0. The van der Waals surface area contributed by atoms with Gasteiger partial charge in [-0.05, 0) is 45.4 Å². The Hall–Kier alpha value is -1.39. The van der Waals surface area contributed by atoms with E-state index in [2.05, 4.69) is 38.2 Å². The van der Waals surface area contributed by atoms with Crippen LogP contribution in [0.3, 0.4) is 0 Å². The lowest BCUT2D eigenvalue weighted by atomic mass is 10.0. The fourth-order valence-corrected chi connectivity index (χ4v) is 2.79. The topological polar surface area (TPSA) is 44.8 Å². The Balaban J connectivity index is 4.31. The van der Waals surface area contributed by atoms with Crippen molar-refractivity contribution >= 4 is 5.97 Å². The van der Waals surface area contributed by atoms with Gasteiger partial charge in [0.05, 0.1) is 12.7 Å². The van der Waals surface area contributed by atoms with Gasteiger partial charge in [-0.2, -0.15) is 0 Å². The predicted octanol–water partition coefficient (Wildman–Crippen LogP) is 6.37. The number of carbonyl (C=O) groups excluding carboxylic acids is 1. The molecule has 0 radical (unpaired) electrons. The van der Waals surface area contributed by atoms with Crippen molar-refractivity contribution in [2.75, 3.05) is 20.5 Å². The molecule has 0 aromatic carbocycles. The average molecular weight is 395 g/mol. The van der Waals surface area contributed by atoms with E-state index in [1.54, 1.807) is 14.0 Å². The number of rotatable bonds is 17. The van der Waals surface area contributed by atoms with E-state index in [1.165, 1.54) is 32.1 Å². The van der Waals surface area contributed by atoms with Gasteiger partial charge in [-0.3, -0.25) is 0 Å². The maximum absolute atomic E-state index is 11.6. The molecule has 0 heterocycles. The highest BCUT2D eigenvalue weighted by Gasteiger charge is 2.06.